The van der Waals surface area contributed by atoms with E-state index in [0.717, 1.165) is 11.3 Å². The van der Waals surface area contributed by atoms with Gasteiger partial charge in [0.25, 0.3) is 0 Å². The minimum absolute atomic E-state index is 0.156. The predicted molar refractivity (Wildman–Crippen MR) is 96.1 cm³/mol. The highest BCUT2D eigenvalue weighted by Crippen LogP contribution is 2.32. The van der Waals surface area contributed by atoms with Crippen LogP contribution in [0.25, 0.3) is 0 Å². The summed E-state index contributed by atoms with van der Waals surface area (Å²) in [5, 5.41) is 3.52. The highest BCUT2D eigenvalue weighted by molar-refractivity contribution is 6.34. The summed E-state index contributed by atoms with van der Waals surface area (Å²) in [5.41, 5.74) is 7.07. The van der Waals surface area contributed by atoms with E-state index in [1.165, 1.54) is 12.4 Å². The molecule has 7 nitrogen and oxygen atoms in total. The molecule has 128 valence electrons. The topological polar surface area (TPSA) is 95.2 Å². The molecule has 0 spiro atoms. The summed E-state index contributed by atoms with van der Waals surface area (Å²) in [5.74, 6) is 1.71. The van der Waals surface area contributed by atoms with Gasteiger partial charge in [-0.25, -0.2) is 15.0 Å². The largest absolute Gasteiger partial charge is 0.497 e. The molecule has 0 bridgehead atoms. The number of ether oxygens (including phenoxy) is 2. The average molecular weight is 358 g/mol. The number of rotatable bonds is 6. The van der Waals surface area contributed by atoms with Gasteiger partial charge < -0.3 is 20.5 Å². The lowest BCUT2D eigenvalue weighted by atomic mass is 10.2. The zero-order valence-electron chi connectivity index (χ0n) is 13.4. The molecule has 0 amide bonds. The number of halogens is 1. The number of anilines is 2. The Morgan fingerprint density at radius 3 is 2.48 bits per heavy atom. The van der Waals surface area contributed by atoms with E-state index in [-0.39, 0.29) is 6.01 Å². The van der Waals surface area contributed by atoms with Crippen LogP contribution in [0.2, 0.25) is 5.02 Å². The molecule has 0 aliphatic rings. The zero-order chi connectivity index (χ0) is 17.6. The van der Waals surface area contributed by atoms with E-state index in [4.69, 9.17) is 26.8 Å². The number of nitrogen functional groups attached to an aromatic ring is 1. The maximum atomic E-state index is 6.35. The normalized spacial score (nSPS) is 10.3. The number of pyridine rings is 1. The number of methoxy groups -OCH3 is 1. The van der Waals surface area contributed by atoms with Crippen LogP contribution in [0.1, 0.15) is 5.56 Å². The van der Waals surface area contributed by atoms with E-state index in [1.807, 2.05) is 24.3 Å². The molecule has 3 N–H and O–H groups in total. The van der Waals surface area contributed by atoms with Crippen molar-refractivity contribution in [2.24, 2.45) is 0 Å². The molecule has 8 heteroatoms. The Kier molecular flexibility index (Phi) is 5.15. The van der Waals surface area contributed by atoms with Crippen LogP contribution in [0.15, 0.2) is 48.9 Å². The molecule has 0 aliphatic carbocycles. The summed E-state index contributed by atoms with van der Waals surface area (Å²) >= 11 is 6.35. The van der Waals surface area contributed by atoms with Crippen molar-refractivity contribution in [3.63, 3.8) is 0 Å². The molecule has 2 heterocycles. The van der Waals surface area contributed by atoms with E-state index in [1.54, 1.807) is 19.4 Å². The molecule has 3 rings (SSSR count). The number of nitrogens with two attached hydrogens (primary N) is 1. The van der Waals surface area contributed by atoms with E-state index >= 15 is 0 Å². The highest BCUT2D eigenvalue weighted by Gasteiger charge is 2.11. The Balaban J connectivity index is 1.70. The smallest absolute Gasteiger partial charge is 0.322 e. The molecule has 0 atom stereocenters. The molecule has 0 unspecified atom stereocenters. The van der Waals surface area contributed by atoms with Gasteiger partial charge in [-0.2, -0.15) is 0 Å². The Hall–Kier alpha value is -3.06. The van der Waals surface area contributed by atoms with Crippen molar-refractivity contribution in [1.29, 1.82) is 0 Å². The minimum Gasteiger partial charge on any atom is -0.497 e. The third-order valence-electron chi connectivity index (χ3n) is 3.32. The summed E-state index contributed by atoms with van der Waals surface area (Å²) in [6.45, 7) is 0.554. The van der Waals surface area contributed by atoms with Gasteiger partial charge in [-0.05, 0) is 17.7 Å². The van der Waals surface area contributed by atoms with E-state index in [9.17, 15) is 0 Å². The third kappa shape index (κ3) is 4.27. The van der Waals surface area contributed by atoms with Crippen molar-refractivity contribution in [1.82, 2.24) is 15.0 Å². The molecular formula is C17H16ClN5O2. The molecule has 0 saturated carbocycles. The Labute approximate surface area is 149 Å². The average Bonchev–Trinajstić information content (AvgIpc) is 2.64. The number of hydrogen-bond donors (Lipinski definition) is 2. The second-order valence-electron chi connectivity index (χ2n) is 5.07. The minimum atomic E-state index is 0.156. The van der Waals surface area contributed by atoms with Gasteiger partial charge in [0.1, 0.15) is 16.6 Å². The van der Waals surface area contributed by atoms with Crippen LogP contribution in [0.4, 0.5) is 11.5 Å². The quantitative estimate of drug-likeness (QED) is 0.696. The number of nitrogens with zero attached hydrogens (tertiary/aromatic N) is 3. The van der Waals surface area contributed by atoms with Crippen LogP contribution in [-0.2, 0) is 6.54 Å². The van der Waals surface area contributed by atoms with E-state index in [2.05, 4.69) is 20.3 Å². The maximum absolute atomic E-state index is 6.35. The van der Waals surface area contributed by atoms with Crippen LogP contribution in [0.3, 0.4) is 0 Å². The number of aromatic nitrogens is 3. The lowest BCUT2D eigenvalue weighted by Gasteiger charge is -2.11. The van der Waals surface area contributed by atoms with Gasteiger partial charge in [0.15, 0.2) is 5.75 Å². The molecule has 25 heavy (non-hydrogen) atoms. The van der Waals surface area contributed by atoms with Crippen molar-refractivity contribution in [2.45, 2.75) is 6.54 Å². The molecular weight excluding hydrogens is 342 g/mol. The molecule has 2 aromatic heterocycles. The first-order valence-electron chi connectivity index (χ1n) is 7.42. The van der Waals surface area contributed by atoms with Crippen molar-refractivity contribution in [2.75, 3.05) is 18.2 Å². The van der Waals surface area contributed by atoms with Crippen LogP contribution in [-0.4, -0.2) is 22.1 Å². The molecule has 0 saturated heterocycles. The fourth-order valence-corrected chi connectivity index (χ4v) is 2.25. The number of nitrogens with one attached hydrogen (secondary N) is 1. The number of benzene rings is 1. The zero-order valence-corrected chi connectivity index (χ0v) is 14.2. The standard InChI is InChI=1S/C17H16ClN5O2/c1-24-13-4-2-11(3-5-13)8-21-16-15(18)14(6-7-20-16)25-17-22-9-12(19)10-23-17/h2-7,9-10H,8,19H2,1H3,(H,20,21). The summed E-state index contributed by atoms with van der Waals surface area (Å²) in [6, 6.07) is 9.50. The number of hydrogen-bond acceptors (Lipinski definition) is 7. The second-order valence-corrected chi connectivity index (χ2v) is 5.45. The van der Waals surface area contributed by atoms with Crippen molar-refractivity contribution in [3.05, 3.63) is 59.5 Å². The lowest BCUT2D eigenvalue weighted by Crippen LogP contribution is -2.03. The monoisotopic (exact) mass is 357 g/mol. The highest BCUT2D eigenvalue weighted by atomic mass is 35.5. The fraction of sp³-hybridized carbons (Fsp3) is 0.118. The van der Waals surface area contributed by atoms with Gasteiger partial charge in [-0.1, -0.05) is 23.7 Å². The molecule has 3 aromatic rings. The summed E-state index contributed by atoms with van der Waals surface area (Å²) in [6.07, 6.45) is 4.51. The second kappa shape index (κ2) is 7.67. The first-order valence-corrected chi connectivity index (χ1v) is 7.80. The third-order valence-corrected chi connectivity index (χ3v) is 3.69. The van der Waals surface area contributed by atoms with Crippen LogP contribution < -0.4 is 20.5 Å². The van der Waals surface area contributed by atoms with Gasteiger partial charge >= 0.3 is 6.01 Å². The Morgan fingerprint density at radius 1 is 1.08 bits per heavy atom. The fourth-order valence-electron chi connectivity index (χ4n) is 2.03. The molecule has 1 aromatic carbocycles. The summed E-state index contributed by atoms with van der Waals surface area (Å²) < 4.78 is 10.7. The van der Waals surface area contributed by atoms with Crippen molar-refractivity contribution >= 4 is 23.1 Å². The van der Waals surface area contributed by atoms with Gasteiger partial charge in [-0.15, -0.1) is 0 Å². The first kappa shape index (κ1) is 16.8. The van der Waals surface area contributed by atoms with Gasteiger partial charge in [0, 0.05) is 18.8 Å². The molecule has 0 aliphatic heterocycles. The van der Waals surface area contributed by atoms with Crippen LogP contribution >= 0.6 is 11.6 Å². The summed E-state index contributed by atoms with van der Waals surface area (Å²) in [4.78, 5) is 12.2. The van der Waals surface area contributed by atoms with E-state index < -0.39 is 0 Å². The van der Waals surface area contributed by atoms with Gasteiger partial charge in [0.05, 0.1) is 25.2 Å². The Morgan fingerprint density at radius 2 is 1.80 bits per heavy atom. The predicted octanol–water partition coefficient (Wildman–Crippen LogP) is 3.52. The van der Waals surface area contributed by atoms with Crippen molar-refractivity contribution < 1.29 is 9.47 Å². The molecule has 0 radical (unpaired) electrons. The Bertz CT molecular complexity index is 841. The van der Waals surface area contributed by atoms with Crippen molar-refractivity contribution in [3.8, 4) is 17.5 Å². The maximum Gasteiger partial charge on any atom is 0.322 e. The molecule has 0 fully saturated rings. The van der Waals surface area contributed by atoms with Crippen LogP contribution in [0.5, 0.6) is 17.5 Å². The SMILES string of the molecule is COc1ccc(CNc2nccc(Oc3ncc(N)cn3)c2Cl)cc1. The summed E-state index contributed by atoms with van der Waals surface area (Å²) in [7, 11) is 1.63. The lowest BCUT2D eigenvalue weighted by molar-refractivity contribution is 0.414. The van der Waals surface area contributed by atoms with E-state index in [0.29, 0.717) is 28.8 Å². The first-order chi connectivity index (χ1) is 12.2. The van der Waals surface area contributed by atoms with Crippen LogP contribution in [0, 0.1) is 0 Å². The van der Waals surface area contributed by atoms with Gasteiger partial charge in [0.2, 0.25) is 0 Å². The van der Waals surface area contributed by atoms with Gasteiger partial charge in [-0.3, -0.25) is 0 Å².